The first kappa shape index (κ1) is 15.2. The third-order valence-corrected chi connectivity index (χ3v) is 1.81. The Morgan fingerprint density at radius 2 is 1.71 bits per heavy atom. The fourth-order valence-electron chi connectivity index (χ4n) is 0.911. The van der Waals surface area contributed by atoms with Crippen LogP contribution >= 0.6 is 0 Å². The van der Waals surface area contributed by atoms with Crippen LogP contribution in [0.5, 0.6) is 0 Å². The van der Waals surface area contributed by atoms with Crippen LogP contribution in [0.1, 0.15) is 27.2 Å². The number of hydrogen-bond acceptors (Lipinski definition) is 1. The van der Waals surface area contributed by atoms with Gasteiger partial charge in [-0.05, 0) is 25.8 Å². The van der Waals surface area contributed by atoms with Gasteiger partial charge in [-0.1, -0.05) is 31.2 Å². The number of rotatable bonds is 4. The van der Waals surface area contributed by atoms with E-state index in [1.54, 1.807) is 0 Å². The summed E-state index contributed by atoms with van der Waals surface area (Å²) in [6, 6.07) is 0. The number of allylic oxidation sites excluding steroid dienone is 5. The fourth-order valence-corrected chi connectivity index (χ4v) is 0.911. The van der Waals surface area contributed by atoms with Crippen LogP contribution in [0.2, 0.25) is 0 Å². The Kier molecular flexibility index (Phi) is 10.7. The molecule has 0 aliphatic carbocycles. The Morgan fingerprint density at radius 3 is 2.00 bits per heavy atom. The van der Waals surface area contributed by atoms with E-state index < -0.39 is 0 Å². The van der Waals surface area contributed by atoms with E-state index in [1.165, 1.54) is 11.3 Å². The summed E-state index contributed by atoms with van der Waals surface area (Å²) in [5.41, 5.74) is 3.65. The summed E-state index contributed by atoms with van der Waals surface area (Å²) < 4.78 is 0. The summed E-state index contributed by atoms with van der Waals surface area (Å²) in [7, 11) is 1.94. The predicted molar refractivity (Wildman–Crippen MR) is 67.3 cm³/mol. The molecule has 1 nitrogen and oxygen atoms in total. The van der Waals surface area contributed by atoms with E-state index in [0.29, 0.717) is 0 Å². The molecule has 0 aliphatic rings. The van der Waals surface area contributed by atoms with Crippen LogP contribution in [0, 0.1) is 0 Å². The van der Waals surface area contributed by atoms with Gasteiger partial charge in [0, 0.05) is 12.7 Å². The minimum atomic E-state index is 1.05. The fraction of sp³-hybridized carbons (Fsp3) is 0.385. The van der Waals surface area contributed by atoms with Crippen LogP contribution < -0.4 is 5.32 Å². The van der Waals surface area contributed by atoms with Gasteiger partial charge in [-0.2, -0.15) is 0 Å². The molecule has 1 N–H and O–H groups in total. The van der Waals surface area contributed by atoms with Gasteiger partial charge in [0.25, 0.3) is 0 Å². The first-order valence-corrected chi connectivity index (χ1v) is 4.82. The van der Waals surface area contributed by atoms with Crippen LogP contribution in [0.4, 0.5) is 0 Å². The first-order chi connectivity index (χ1) is 6.61. The summed E-state index contributed by atoms with van der Waals surface area (Å²) in [4.78, 5) is 0. The van der Waals surface area contributed by atoms with Crippen molar-refractivity contribution < 1.29 is 0 Å². The van der Waals surface area contributed by atoms with E-state index in [1.807, 2.05) is 20.0 Å². The smallest absolute Gasteiger partial charge is 0.0105 e. The predicted octanol–water partition coefficient (Wildman–Crippen LogP) is 3.82. The lowest BCUT2D eigenvalue weighted by Gasteiger charge is -2.04. The molecule has 0 saturated heterocycles. The highest BCUT2D eigenvalue weighted by Crippen LogP contribution is 2.08. The van der Waals surface area contributed by atoms with Gasteiger partial charge in [0.05, 0.1) is 0 Å². The maximum Gasteiger partial charge on any atom is 0.0105 e. The lowest BCUT2D eigenvalue weighted by atomic mass is 10.1. The molecule has 0 amide bonds. The SMILES string of the molecule is C=C.C=C(C)/C=C\C(CC)=C(/C)NC. The highest BCUT2D eigenvalue weighted by Gasteiger charge is 1.92. The lowest BCUT2D eigenvalue weighted by molar-refractivity contribution is 0.940. The molecule has 0 unspecified atom stereocenters. The molecule has 0 fully saturated rings. The van der Waals surface area contributed by atoms with E-state index in [0.717, 1.165) is 12.0 Å². The number of hydrogen-bond donors (Lipinski definition) is 1. The molecular formula is C13H23N. The zero-order chi connectivity index (χ0) is 11.6. The minimum absolute atomic E-state index is 1.05. The van der Waals surface area contributed by atoms with Crippen LogP contribution in [0.15, 0.2) is 48.7 Å². The molecule has 0 saturated carbocycles. The van der Waals surface area contributed by atoms with Crippen LogP contribution in [0.25, 0.3) is 0 Å². The normalized spacial score (nSPS) is 11.4. The Balaban J connectivity index is 0. The standard InChI is InChI=1S/C11H19N.C2H4/c1-6-11(10(4)12-5)8-7-9(2)3;1-2/h7-8,12H,2,6H2,1,3-5H3;1-2H2/b8-7-,11-10+;. The van der Waals surface area contributed by atoms with Crippen LogP contribution in [-0.4, -0.2) is 7.05 Å². The van der Waals surface area contributed by atoms with Crippen molar-refractivity contribution in [3.63, 3.8) is 0 Å². The number of nitrogens with one attached hydrogen (secondary N) is 1. The van der Waals surface area contributed by atoms with E-state index >= 15 is 0 Å². The zero-order valence-electron chi connectivity index (χ0n) is 9.98. The second-order valence-electron chi connectivity index (χ2n) is 2.93. The Hall–Kier alpha value is -1.24. The molecule has 0 aromatic heterocycles. The molecule has 0 radical (unpaired) electrons. The molecule has 80 valence electrons. The third-order valence-electron chi connectivity index (χ3n) is 1.81. The molecule has 0 spiro atoms. The Labute approximate surface area is 88.9 Å². The molecule has 0 rings (SSSR count). The topological polar surface area (TPSA) is 12.0 Å². The van der Waals surface area contributed by atoms with Crippen molar-refractivity contribution in [2.75, 3.05) is 7.05 Å². The summed E-state index contributed by atoms with van der Waals surface area (Å²) >= 11 is 0. The van der Waals surface area contributed by atoms with Gasteiger partial charge in [0.2, 0.25) is 0 Å². The molecule has 0 atom stereocenters. The first-order valence-electron chi connectivity index (χ1n) is 4.82. The van der Waals surface area contributed by atoms with E-state index in [-0.39, 0.29) is 0 Å². The van der Waals surface area contributed by atoms with Crippen molar-refractivity contribution in [2.45, 2.75) is 27.2 Å². The maximum absolute atomic E-state index is 3.82. The summed E-state index contributed by atoms with van der Waals surface area (Å²) in [6.07, 6.45) is 5.21. The molecule has 1 heteroatoms. The molecule has 0 aromatic rings. The average molecular weight is 193 g/mol. The molecule has 14 heavy (non-hydrogen) atoms. The lowest BCUT2D eigenvalue weighted by Crippen LogP contribution is -2.04. The highest BCUT2D eigenvalue weighted by molar-refractivity contribution is 5.28. The van der Waals surface area contributed by atoms with Gasteiger partial charge in [0.1, 0.15) is 0 Å². The zero-order valence-corrected chi connectivity index (χ0v) is 9.98. The van der Waals surface area contributed by atoms with Crippen molar-refractivity contribution in [1.29, 1.82) is 0 Å². The molecule has 0 heterocycles. The third kappa shape index (κ3) is 7.41. The van der Waals surface area contributed by atoms with Gasteiger partial charge < -0.3 is 5.32 Å². The highest BCUT2D eigenvalue weighted by atomic mass is 14.8. The van der Waals surface area contributed by atoms with Gasteiger partial charge in [0.15, 0.2) is 0 Å². The average Bonchev–Trinajstić information content (AvgIpc) is 2.21. The van der Waals surface area contributed by atoms with Crippen LogP contribution in [-0.2, 0) is 0 Å². The van der Waals surface area contributed by atoms with Gasteiger partial charge in [-0.25, -0.2) is 0 Å². The maximum atomic E-state index is 3.82. The van der Waals surface area contributed by atoms with Crippen molar-refractivity contribution in [2.24, 2.45) is 0 Å². The van der Waals surface area contributed by atoms with Crippen molar-refractivity contribution in [3.8, 4) is 0 Å². The molecule has 0 aliphatic heterocycles. The van der Waals surface area contributed by atoms with Crippen molar-refractivity contribution in [3.05, 3.63) is 48.7 Å². The second kappa shape index (κ2) is 9.85. The largest absolute Gasteiger partial charge is 0.391 e. The van der Waals surface area contributed by atoms with E-state index in [4.69, 9.17) is 0 Å². The van der Waals surface area contributed by atoms with Crippen LogP contribution in [0.3, 0.4) is 0 Å². The minimum Gasteiger partial charge on any atom is -0.391 e. The van der Waals surface area contributed by atoms with Crippen molar-refractivity contribution >= 4 is 0 Å². The second-order valence-corrected chi connectivity index (χ2v) is 2.93. The quantitative estimate of drug-likeness (QED) is 0.528. The summed E-state index contributed by atoms with van der Waals surface area (Å²) in [5.74, 6) is 0. The summed E-state index contributed by atoms with van der Waals surface area (Å²) in [6.45, 7) is 16.1. The summed E-state index contributed by atoms with van der Waals surface area (Å²) in [5, 5.41) is 3.14. The van der Waals surface area contributed by atoms with E-state index in [9.17, 15) is 0 Å². The molecule has 0 bridgehead atoms. The van der Waals surface area contributed by atoms with Crippen molar-refractivity contribution in [1.82, 2.24) is 5.32 Å². The Bertz CT molecular complexity index is 221. The van der Waals surface area contributed by atoms with Gasteiger partial charge >= 0.3 is 0 Å². The monoisotopic (exact) mass is 193 g/mol. The Morgan fingerprint density at radius 1 is 1.21 bits per heavy atom. The molecular weight excluding hydrogens is 170 g/mol. The van der Waals surface area contributed by atoms with E-state index in [2.05, 4.69) is 45.0 Å². The molecule has 0 aromatic carbocycles. The van der Waals surface area contributed by atoms with Gasteiger partial charge in [-0.15, -0.1) is 13.2 Å². The van der Waals surface area contributed by atoms with Gasteiger partial charge in [-0.3, -0.25) is 0 Å².